The van der Waals surface area contributed by atoms with E-state index in [0.29, 0.717) is 13.0 Å². The first-order valence-corrected chi connectivity index (χ1v) is 6.99. The normalized spacial score (nSPS) is 22.6. The summed E-state index contributed by atoms with van der Waals surface area (Å²) in [4.78, 5) is 29.2. The zero-order chi connectivity index (χ0) is 14.9. The third kappa shape index (κ3) is 2.60. The van der Waals surface area contributed by atoms with Crippen LogP contribution in [0.15, 0.2) is 12.1 Å². The maximum atomic E-state index is 12.5. The van der Waals surface area contributed by atoms with Crippen LogP contribution in [0.2, 0.25) is 10.3 Å². The Kier molecular flexibility index (Phi) is 4.20. The second-order valence-corrected chi connectivity index (χ2v) is 5.71. The summed E-state index contributed by atoms with van der Waals surface area (Å²) in [5.74, 6) is -1.44. The zero-order valence-corrected chi connectivity index (χ0v) is 12.4. The standard InChI is InChI=1S/C13H14Cl2N2O3/c1-13(12(19)20)6-2-3-7-17(13)11(18)8-4-5-9(14)16-10(8)15/h4-5H,2-3,6-7H2,1H3,(H,19,20). The molecule has 0 aromatic carbocycles. The number of rotatable bonds is 2. The highest BCUT2D eigenvalue weighted by atomic mass is 35.5. The lowest BCUT2D eigenvalue weighted by atomic mass is 9.88. The molecule has 1 unspecified atom stereocenters. The third-order valence-corrected chi connectivity index (χ3v) is 4.14. The molecule has 0 aliphatic carbocycles. The first kappa shape index (κ1) is 15.1. The summed E-state index contributed by atoms with van der Waals surface area (Å²) in [6, 6.07) is 2.93. The van der Waals surface area contributed by atoms with E-state index in [1.165, 1.54) is 17.0 Å². The van der Waals surface area contributed by atoms with Gasteiger partial charge in [0.15, 0.2) is 0 Å². The van der Waals surface area contributed by atoms with Gasteiger partial charge >= 0.3 is 5.97 Å². The molecule has 1 aliphatic rings. The Morgan fingerprint density at radius 3 is 2.65 bits per heavy atom. The second-order valence-electron chi connectivity index (χ2n) is 4.97. The van der Waals surface area contributed by atoms with Crippen LogP contribution < -0.4 is 0 Å². The van der Waals surface area contributed by atoms with E-state index in [2.05, 4.69) is 4.98 Å². The molecule has 1 amide bonds. The highest BCUT2D eigenvalue weighted by Crippen LogP contribution is 2.31. The minimum Gasteiger partial charge on any atom is -0.480 e. The molecule has 108 valence electrons. The molecule has 20 heavy (non-hydrogen) atoms. The molecule has 2 heterocycles. The molecule has 0 saturated carbocycles. The fourth-order valence-electron chi connectivity index (χ4n) is 2.39. The molecule has 0 spiro atoms. The van der Waals surface area contributed by atoms with Gasteiger partial charge in [-0.15, -0.1) is 0 Å². The van der Waals surface area contributed by atoms with Crippen LogP contribution in [0.1, 0.15) is 36.5 Å². The number of carboxylic acids is 1. The largest absolute Gasteiger partial charge is 0.480 e. The van der Waals surface area contributed by atoms with Crippen molar-refractivity contribution in [3.63, 3.8) is 0 Å². The highest BCUT2D eigenvalue weighted by Gasteiger charge is 2.44. The van der Waals surface area contributed by atoms with Gasteiger partial charge in [0.25, 0.3) is 5.91 Å². The molecule has 1 atom stereocenters. The van der Waals surface area contributed by atoms with Gasteiger partial charge in [0.05, 0.1) is 5.56 Å². The second kappa shape index (κ2) is 5.58. The quantitative estimate of drug-likeness (QED) is 0.852. The number of likely N-dealkylation sites (tertiary alicyclic amines) is 1. The SMILES string of the molecule is CC1(C(=O)O)CCCCN1C(=O)c1ccc(Cl)nc1Cl. The van der Waals surface area contributed by atoms with E-state index in [0.717, 1.165) is 12.8 Å². The fourth-order valence-corrected chi connectivity index (χ4v) is 2.81. The van der Waals surface area contributed by atoms with Gasteiger partial charge in [-0.2, -0.15) is 0 Å². The average molecular weight is 317 g/mol. The number of halogens is 2. The summed E-state index contributed by atoms with van der Waals surface area (Å²) in [5.41, 5.74) is -1.04. The maximum Gasteiger partial charge on any atom is 0.329 e. The van der Waals surface area contributed by atoms with Gasteiger partial charge in [-0.05, 0) is 38.3 Å². The highest BCUT2D eigenvalue weighted by molar-refractivity contribution is 6.34. The van der Waals surface area contributed by atoms with Gasteiger partial charge in [-0.1, -0.05) is 23.2 Å². The van der Waals surface area contributed by atoms with E-state index < -0.39 is 17.4 Å². The molecule has 0 bridgehead atoms. The Morgan fingerprint density at radius 2 is 2.05 bits per heavy atom. The van der Waals surface area contributed by atoms with Crippen molar-refractivity contribution in [1.29, 1.82) is 0 Å². The molecule has 1 saturated heterocycles. The van der Waals surface area contributed by atoms with Gasteiger partial charge in [0.1, 0.15) is 15.8 Å². The number of carboxylic acid groups (broad SMARTS) is 1. The Hall–Kier alpha value is -1.33. The Balaban J connectivity index is 2.37. The topological polar surface area (TPSA) is 70.5 Å². The number of aliphatic carboxylic acids is 1. The fraction of sp³-hybridized carbons (Fsp3) is 0.462. The summed E-state index contributed by atoms with van der Waals surface area (Å²) in [6.45, 7) is 1.95. The molecule has 2 rings (SSSR count). The van der Waals surface area contributed by atoms with Crippen LogP contribution in [-0.2, 0) is 4.79 Å². The van der Waals surface area contributed by atoms with Gasteiger partial charge in [0.2, 0.25) is 0 Å². The Labute approximate surface area is 126 Å². The van der Waals surface area contributed by atoms with Crippen molar-refractivity contribution in [1.82, 2.24) is 9.88 Å². The van der Waals surface area contributed by atoms with Crippen LogP contribution >= 0.6 is 23.2 Å². The number of amides is 1. The molecule has 1 fully saturated rings. The van der Waals surface area contributed by atoms with Gasteiger partial charge in [0, 0.05) is 6.54 Å². The van der Waals surface area contributed by atoms with E-state index in [1.807, 2.05) is 0 Å². The molecular formula is C13H14Cl2N2O3. The van der Waals surface area contributed by atoms with Crippen molar-refractivity contribution in [2.45, 2.75) is 31.7 Å². The number of hydrogen-bond donors (Lipinski definition) is 1. The summed E-state index contributed by atoms with van der Waals surface area (Å²) >= 11 is 11.6. The number of nitrogens with zero attached hydrogens (tertiary/aromatic N) is 2. The van der Waals surface area contributed by atoms with Crippen LogP contribution in [0.5, 0.6) is 0 Å². The molecule has 1 aromatic rings. The molecule has 1 N–H and O–H groups in total. The van der Waals surface area contributed by atoms with Gasteiger partial charge < -0.3 is 10.0 Å². The van der Waals surface area contributed by atoms with Crippen molar-refractivity contribution in [3.05, 3.63) is 28.0 Å². The van der Waals surface area contributed by atoms with Crippen LogP contribution in [0.4, 0.5) is 0 Å². The number of pyridine rings is 1. The predicted molar refractivity (Wildman–Crippen MR) is 75.2 cm³/mol. The lowest BCUT2D eigenvalue weighted by Crippen LogP contribution is -2.57. The van der Waals surface area contributed by atoms with Crippen molar-refractivity contribution in [3.8, 4) is 0 Å². The predicted octanol–water partition coefficient (Wildman–Crippen LogP) is 2.86. The third-order valence-electron chi connectivity index (χ3n) is 3.64. The molecule has 0 radical (unpaired) electrons. The molecule has 7 heteroatoms. The smallest absolute Gasteiger partial charge is 0.329 e. The average Bonchev–Trinajstić information content (AvgIpc) is 2.38. The minimum atomic E-state index is -1.21. The monoisotopic (exact) mass is 316 g/mol. The number of hydrogen-bond acceptors (Lipinski definition) is 3. The maximum absolute atomic E-state index is 12.5. The van der Waals surface area contributed by atoms with Crippen LogP contribution in [-0.4, -0.2) is 39.0 Å². The lowest BCUT2D eigenvalue weighted by Gasteiger charge is -2.41. The summed E-state index contributed by atoms with van der Waals surface area (Å²) in [5, 5.41) is 9.59. The number of aromatic nitrogens is 1. The van der Waals surface area contributed by atoms with E-state index in [-0.39, 0.29) is 15.9 Å². The van der Waals surface area contributed by atoms with Crippen molar-refractivity contribution < 1.29 is 14.7 Å². The van der Waals surface area contributed by atoms with Crippen molar-refractivity contribution in [2.24, 2.45) is 0 Å². The van der Waals surface area contributed by atoms with E-state index in [1.54, 1.807) is 6.92 Å². The van der Waals surface area contributed by atoms with E-state index >= 15 is 0 Å². The van der Waals surface area contributed by atoms with Gasteiger partial charge in [-0.25, -0.2) is 9.78 Å². The first-order chi connectivity index (χ1) is 9.36. The van der Waals surface area contributed by atoms with E-state index in [4.69, 9.17) is 23.2 Å². The minimum absolute atomic E-state index is 0.0131. The summed E-state index contributed by atoms with van der Waals surface area (Å²) < 4.78 is 0. The number of piperidine rings is 1. The van der Waals surface area contributed by atoms with E-state index in [9.17, 15) is 14.7 Å². The molecule has 1 aliphatic heterocycles. The Bertz CT molecular complexity index is 565. The molecular weight excluding hydrogens is 303 g/mol. The summed E-state index contributed by atoms with van der Waals surface area (Å²) in [7, 11) is 0. The summed E-state index contributed by atoms with van der Waals surface area (Å²) in [6.07, 6.45) is 1.97. The Morgan fingerprint density at radius 1 is 1.35 bits per heavy atom. The first-order valence-electron chi connectivity index (χ1n) is 6.23. The van der Waals surface area contributed by atoms with Crippen LogP contribution in [0, 0.1) is 0 Å². The van der Waals surface area contributed by atoms with Gasteiger partial charge in [-0.3, -0.25) is 4.79 Å². The number of carbonyl (C=O) groups excluding carboxylic acids is 1. The van der Waals surface area contributed by atoms with Crippen LogP contribution in [0.25, 0.3) is 0 Å². The van der Waals surface area contributed by atoms with Crippen molar-refractivity contribution >= 4 is 35.1 Å². The van der Waals surface area contributed by atoms with Crippen molar-refractivity contribution in [2.75, 3.05) is 6.54 Å². The van der Waals surface area contributed by atoms with Crippen LogP contribution in [0.3, 0.4) is 0 Å². The molecule has 1 aromatic heterocycles. The number of carbonyl (C=O) groups is 2. The lowest BCUT2D eigenvalue weighted by molar-refractivity contribution is -0.150. The zero-order valence-electron chi connectivity index (χ0n) is 10.9. The molecule has 5 nitrogen and oxygen atoms in total.